The molecule has 1 aliphatic heterocycles. The highest BCUT2D eigenvalue weighted by atomic mass is 16.5. The van der Waals surface area contributed by atoms with Gasteiger partial charge in [0, 0.05) is 19.4 Å². The second-order valence-electron chi connectivity index (χ2n) is 6.42. The SMILES string of the molecule is CC.CCCC(=O)OCCCCCC1CCCCC1.O=C1CCN1. The number of esters is 1. The summed E-state index contributed by atoms with van der Waals surface area (Å²) in [4.78, 5) is 20.9. The lowest BCUT2D eigenvalue weighted by Gasteiger charge is -2.21. The first-order valence-electron chi connectivity index (χ1n) is 10.1. The van der Waals surface area contributed by atoms with Crippen molar-refractivity contribution in [2.45, 2.75) is 97.8 Å². The van der Waals surface area contributed by atoms with Crippen LogP contribution in [0.25, 0.3) is 0 Å². The van der Waals surface area contributed by atoms with E-state index in [1.54, 1.807) is 0 Å². The Balaban J connectivity index is 0.000000630. The van der Waals surface area contributed by atoms with Crippen LogP contribution in [-0.4, -0.2) is 25.0 Å². The monoisotopic (exact) mass is 341 g/mol. The van der Waals surface area contributed by atoms with E-state index in [-0.39, 0.29) is 11.9 Å². The van der Waals surface area contributed by atoms with Gasteiger partial charge in [-0.2, -0.15) is 0 Å². The highest BCUT2D eigenvalue weighted by Crippen LogP contribution is 2.27. The van der Waals surface area contributed by atoms with Crippen molar-refractivity contribution in [2.24, 2.45) is 5.92 Å². The van der Waals surface area contributed by atoms with Gasteiger partial charge in [0.05, 0.1) is 6.61 Å². The van der Waals surface area contributed by atoms with E-state index in [1.165, 1.54) is 51.4 Å². The highest BCUT2D eigenvalue weighted by Gasteiger charge is 2.12. The minimum absolute atomic E-state index is 0.0280. The molecule has 0 atom stereocenters. The molecule has 0 bridgehead atoms. The number of carbonyl (C=O) groups is 2. The standard InChI is InChI=1S/C15H28O2.C3H5NO.C2H6/c1-2-9-15(16)17-13-8-4-7-12-14-10-5-3-6-11-14;5-3-1-2-4-3;1-2/h14H,2-13H2,1H3;1-2H2,(H,4,5);1-2H3. The molecule has 1 aliphatic carbocycles. The maximum absolute atomic E-state index is 11.1. The Morgan fingerprint density at radius 3 is 2.25 bits per heavy atom. The van der Waals surface area contributed by atoms with Crippen molar-refractivity contribution in [3.8, 4) is 0 Å². The second-order valence-corrected chi connectivity index (χ2v) is 6.42. The van der Waals surface area contributed by atoms with E-state index in [0.29, 0.717) is 13.0 Å². The van der Waals surface area contributed by atoms with Crippen molar-refractivity contribution in [3.05, 3.63) is 0 Å². The molecule has 1 saturated carbocycles. The summed E-state index contributed by atoms with van der Waals surface area (Å²) in [7, 11) is 0. The van der Waals surface area contributed by atoms with Gasteiger partial charge in [0.15, 0.2) is 0 Å². The molecular formula is C20H39NO3. The quantitative estimate of drug-likeness (QED) is 0.384. The van der Waals surface area contributed by atoms with Crippen molar-refractivity contribution in [3.63, 3.8) is 0 Å². The van der Waals surface area contributed by atoms with Crippen LogP contribution >= 0.6 is 0 Å². The molecule has 142 valence electrons. The van der Waals surface area contributed by atoms with E-state index in [9.17, 15) is 9.59 Å². The molecule has 0 aromatic carbocycles. The zero-order chi connectivity index (χ0) is 18.0. The Hall–Kier alpha value is -1.06. The Morgan fingerprint density at radius 2 is 1.75 bits per heavy atom. The van der Waals surface area contributed by atoms with Crippen molar-refractivity contribution >= 4 is 11.9 Å². The summed E-state index contributed by atoms with van der Waals surface area (Å²) in [6, 6.07) is 0. The van der Waals surface area contributed by atoms with Crippen molar-refractivity contribution in [1.29, 1.82) is 0 Å². The average Bonchev–Trinajstić information content (AvgIpc) is 2.60. The molecule has 0 spiro atoms. The molecule has 0 radical (unpaired) electrons. The summed E-state index contributed by atoms with van der Waals surface area (Å²) in [5, 5.41) is 2.57. The third-order valence-corrected chi connectivity index (χ3v) is 4.37. The van der Waals surface area contributed by atoms with E-state index < -0.39 is 0 Å². The molecule has 4 nitrogen and oxygen atoms in total. The van der Waals surface area contributed by atoms with Gasteiger partial charge in [-0.05, 0) is 18.8 Å². The van der Waals surface area contributed by atoms with E-state index in [4.69, 9.17) is 4.74 Å². The first-order valence-corrected chi connectivity index (χ1v) is 10.1. The molecule has 24 heavy (non-hydrogen) atoms. The van der Waals surface area contributed by atoms with Crippen LogP contribution in [0.15, 0.2) is 0 Å². The molecule has 2 rings (SSSR count). The molecule has 0 unspecified atom stereocenters. The van der Waals surface area contributed by atoms with Gasteiger partial charge in [-0.15, -0.1) is 0 Å². The fourth-order valence-corrected chi connectivity index (χ4v) is 2.88. The smallest absolute Gasteiger partial charge is 0.305 e. The van der Waals surface area contributed by atoms with Crippen LogP contribution < -0.4 is 5.32 Å². The number of nitrogens with one attached hydrogen (secondary N) is 1. The van der Waals surface area contributed by atoms with Crippen molar-refractivity contribution in [2.75, 3.05) is 13.2 Å². The lowest BCUT2D eigenvalue weighted by Crippen LogP contribution is -2.37. The van der Waals surface area contributed by atoms with Gasteiger partial charge in [-0.25, -0.2) is 0 Å². The zero-order valence-corrected chi connectivity index (χ0v) is 16.2. The van der Waals surface area contributed by atoms with Crippen LogP contribution in [0, 0.1) is 5.92 Å². The number of hydrogen-bond acceptors (Lipinski definition) is 3. The van der Waals surface area contributed by atoms with Gasteiger partial charge in [0.2, 0.25) is 5.91 Å². The van der Waals surface area contributed by atoms with E-state index in [0.717, 1.165) is 31.7 Å². The third kappa shape index (κ3) is 13.4. The summed E-state index contributed by atoms with van der Waals surface area (Å²) >= 11 is 0. The number of β-lactam (4-membered cyclic amide) rings is 1. The predicted octanol–water partition coefficient (Wildman–Crippen LogP) is 5.00. The summed E-state index contributed by atoms with van der Waals surface area (Å²) in [5.74, 6) is 1.15. The van der Waals surface area contributed by atoms with Crippen LogP contribution in [0.2, 0.25) is 0 Å². The topological polar surface area (TPSA) is 55.4 Å². The molecular weight excluding hydrogens is 302 g/mol. The van der Waals surface area contributed by atoms with Crippen LogP contribution in [0.3, 0.4) is 0 Å². The highest BCUT2D eigenvalue weighted by molar-refractivity contribution is 5.81. The molecule has 2 aliphatic rings. The summed E-state index contributed by atoms with van der Waals surface area (Å²) in [6.45, 7) is 7.52. The minimum Gasteiger partial charge on any atom is -0.466 e. The minimum atomic E-state index is -0.0280. The number of amides is 1. The molecule has 1 heterocycles. The van der Waals surface area contributed by atoms with E-state index in [2.05, 4.69) is 5.32 Å². The number of hydrogen-bond donors (Lipinski definition) is 1. The lowest BCUT2D eigenvalue weighted by molar-refractivity contribution is -0.143. The predicted molar refractivity (Wildman–Crippen MR) is 99.9 cm³/mol. The molecule has 1 amide bonds. The molecule has 1 saturated heterocycles. The Labute approximate surface area is 149 Å². The number of unbranched alkanes of at least 4 members (excludes halogenated alkanes) is 2. The maximum atomic E-state index is 11.1. The second kappa shape index (κ2) is 16.8. The van der Waals surface area contributed by atoms with E-state index in [1.807, 2.05) is 20.8 Å². The Bertz CT molecular complexity index is 306. The lowest BCUT2D eigenvalue weighted by atomic mass is 9.86. The summed E-state index contributed by atoms with van der Waals surface area (Å²) in [5.41, 5.74) is 0. The van der Waals surface area contributed by atoms with Crippen LogP contribution in [0.4, 0.5) is 0 Å². The Kier molecular flexibility index (Phi) is 16.0. The van der Waals surface area contributed by atoms with Gasteiger partial charge in [0.25, 0.3) is 0 Å². The van der Waals surface area contributed by atoms with Crippen molar-refractivity contribution < 1.29 is 14.3 Å². The maximum Gasteiger partial charge on any atom is 0.305 e. The average molecular weight is 342 g/mol. The first-order chi connectivity index (χ1) is 11.7. The van der Waals surface area contributed by atoms with Crippen LogP contribution in [0.5, 0.6) is 0 Å². The summed E-state index contributed by atoms with van der Waals surface area (Å²) < 4.78 is 5.14. The molecule has 4 heteroatoms. The van der Waals surface area contributed by atoms with Gasteiger partial charge in [0.1, 0.15) is 0 Å². The normalized spacial score (nSPS) is 16.5. The van der Waals surface area contributed by atoms with Gasteiger partial charge >= 0.3 is 5.97 Å². The van der Waals surface area contributed by atoms with Crippen LogP contribution in [-0.2, 0) is 14.3 Å². The van der Waals surface area contributed by atoms with Gasteiger partial charge < -0.3 is 10.1 Å². The van der Waals surface area contributed by atoms with E-state index >= 15 is 0 Å². The molecule has 0 aromatic rings. The van der Waals surface area contributed by atoms with Crippen LogP contribution in [0.1, 0.15) is 97.8 Å². The molecule has 2 fully saturated rings. The fraction of sp³-hybridized carbons (Fsp3) is 0.900. The number of rotatable bonds is 8. The largest absolute Gasteiger partial charge is 0.466 e. The fourth-order valence-electron chi connectivity index (χ4n) is 2.88. The van der Waals surface area contributed by atoms with Gasteiger partial charge in [-0.1, -0.05) is 72.1 Å². The molecule has 0 aromatic heterocycles. The molecule has 1 N–H and O–H groups in total. The number of ether oxygens (including phenoxy) is 1. The Morgan fingerprint density at radius 1 is 1.12 bits per heavy atom. The number of carbonyl (C=O) groups excluding carboxylic acids is 2. The summed E-state index contributed by atoms with van der Waals surface area (Å²) in [6.07, 6.45) is 14.4. The zero-order valence-electron chi connectivity index (χ0n) is 16.2. The third-order valence-electron chi connectivity index (χ3n) is 4.37. The van der Waals surface area contributed by atoms with Crippen molar-refractivity contribution in [1.82, 2.24) is 5.32 Å². The van der Waals surface area contributed by atoms with Gasteiger partial charge in [-0.3, -0.25) is 9.59 Å². The first kappa shape index (κ1) is 22.9.